The maximum atomic E-state index is 10.6. The second-order valence-corrected chi connectivity index (χ2v) is 8.90. The molecule has 0 aromatic heterocycles. The lowest BCUT2D eigenvalue weighted by Crippen LogP contribution is -2.19. The SMILES string of the molecule is O=C(O)COc1ccc(C(c2ccc(OCC(=O)O)c(Cl)c2)C(Cl)(Cl)Cl)cc1Cl. The maximum Gasteiger partial charge on any atom is 0.341 e. The summed E-state index contributed by atoms with van der Waals surface area (Å²) in [6.45, 7) is -1.11. The van der Waals surface area contributed by atoms with Crippen molar-refractivity contribution in [3.05, 3.63) is 57.6 Å². The van der Waals surface area contributed by atoms with Gasteiger partial charge in [-0.15, -0.1) is 0 Å². The van der Waals surface area contributed by atoms with Crippen LogP contribution in [-0.4, -0.2) is 39.2 Å². The third-order valence-electron chi connectivity index (χ3n) is 3.61. The van der Waals surface area contributed by atoms with E-state index in [1.54, 1.807) is 12.1 Å². The molecule has 2 N–H and O–H groups in total. The summed E-state index contributed by atoms with van der Waals surface area (Å²) in [6, 6.07) is 9.09. The zero-order chi connectivity index (χ0) is 21.8. The standard InChI is InChI=1S/C18H13Cl5O6/c19-11-5-9(1-3-13(11)28-7-15(24)25)17(18(21,22)23)10-2-4-14(12(20)6-10)29-8-16(26)27/h1-6,17H,7-8H2,(H,24,25)(H,26,27). The number of carboxylic acids is 2. The molecular weight excluding hydrogens is 489 g/mol. The van der Waals surface area contributed by atoms with E-state index in [-0.39, 0.29) is 21.5 Å². The molecule has 6 nitrogen and oxygen atoms in total. The Morgan fingerprint density at radius 2 is 1.21 bits per heavy atom. The molecule has 0 amide bonds. The first kappa shape index (κ1) is 23.7. The second-order valence-electron chi connectivity index (χ2n) is 5.72. The molecule has 2 aromatic carbocycles. The number of benzene rings is 2. The average Bonchev–Trinajstić information content (AvgIpc) is 2.59. The second kappa shape index (κ2) is 9.96. The Morgan fingerprint density at radius 1 is 0.828 bits per heavy atom. The van der Waals surface area contributed by atoms with E-state index < -0.39 is 34.9 Å². The van der Waals surface area contributed by atoms with E-state index in [0.717, 1.165) is 0 Å². The van der Waals surface area contributed by atoms with Gasteiger partial charge in [0.05, 0.1) is 16.0 Å². The number of rotatable bonds is 8. The maximum absolute atomic E-state index is 10.6. The number of halogens is 5. The highest BCUT2D eigenvalue weighted by Crippen LogP contribution is 2.47. The van der Waals surface area contributed by atoms with E-state index in [9.17, 15) is 9.59 Å². The number of ether oxygens (including phenoxy) is 2. The van der Waals surface area contributed by atoms with Crippen LogP contribution >= 0.6 is 58.0 Å². The quantitative estimate of drug-likeness (QED) is 0.468. The van der Waals surface area contributed by atoms with Gasteiger partial charge in [0.1, 0.15) is 11.5 Å². The van der Waals surface area contributed by atoms with E-state index in [4.69, 9.17) is 77.7 Å². The summed E-state index contributed by atoms with van der Waals surface area (Å²) in [5, 5.41) is 17.7. The number of alkyl halides is 3. The van der Waals surface area contributed by atoms with Crippen LogP contribution in [0.2, 0.25) is 10.0 Å². The largest absolute Gasteiger partial charge is 0.480 e. The minimum absolute atomic E-state index is 0.135. The number of hydrogen-bond acceptors (Lipinski definition) is 4. The first-order valence-electron chi connectivity index (χ1n) is 7.84. The summed E-state index contributed by atoms with van der Waals surface area (Å²) in [5.41, 5.74) is 1.01. The fourth-order valence-electron chi connectivity index (χ4n) is 2.48. The van der Waals surface area contributed by atoms with Crippen LogP contribution in [0.1, 0.15) is 17.0 Å². The summed E-state index contributed by atoms with van der Waals surface area (Å²) < 4.78 is 8.39. The van der Waals surface area contributed by atoms with Crippen LogP contribution in [0.5, 0.6) is 11.5 Å². The lowest BCUT2D eigenvalue weighted by molar-refractivity contribution is -0.140. The van der Waals surface area contributed by atoms with Crippen LogP contribution in [-0.2, 0) is 9.59 Å². The Morgan fingerprint density at radius 3 is 1.48 bits per heavy atom. The van der Waals surface area contributed by atoms with Crippen molar-refractivity contribution in [2.45, 2.75) is 9.71 Å². The van der Waals surface area contributed by atoms with Crippen LogP contribution in [0.3, 0.4) is 0 Å². The zero-order valence-corrected chi connectivity index (χ0v) is 18.2. The predicted octanol–water partition coefficient (Wildman–Crippen LogP) is 5.42. The molecule has 0 aliphatic carbocycles. The van der Waals surface area contributed by atoms with Crippen LogP contribution in [0.25, 0.3) is 0 Å². The summed E-state index contributed by atoms with van der Waals surface area (Å²) in [4.78, 5) is 21.3. The third kappa shape index (κ3) is 6.73. The Bertz CT molecular complexity index is 845. The van der Waals surface area contributed by atoms with Crippen LogP contribution in [0.4, 0.5) is 0 Å². The third-order valence-corrected chi connectivity index (χ3v) is 4.85. The predicted molar refractivity (Wildman–Crippen MR) is 111 cm³/mol. The molecular formula is C18H13Cl5O6. The van der Waals surface area contributed by atoms with Crippen molar-refractivity contribution in [1.29, 1.82) is 0 Å². The van der Waals surface area contributed by atoms with Gasteiger partial charge in [-0.1, -0.05) is 70.1 Å². The molecule has 0 saturated heterocycles. The minimum Gasteiger partial charge on any atom is -0.480 e. The molecule has 0 bridgehead atoms. The number of hydrogen-bond donors (Lipinski definition) is 2. The lowest BCUT2D eigenvalue weighted by atomic mass is 9.92. The van der Waals surface area contributed by atoms with Crippen LogP contribution < -0.4 is 9.47 Å². The monoisotopic (exact) mass is 500 g/mol. The van der Waals surface area contributed by atoms with Gasteiger partial charge in [0, 0.05) is 0 Å². The first-order chi connectivity index (χ1) is 13.5. The Hall–Kier alpha value is -1.57. The first-order valence-corrected chi connectivity index (χ1v) is 9.72. The Balaban J connectivity index is 2.38. The molecule has 2 rings (SSSR count). The van der Waals surface area contributed by atoms with Crippen LogP contribution in [0, 0.1) is 0 Å². The molecule has 0 fully saturated rings. The minimum atomic E-state index is -1.79. The lowest BCUT2D eigenvalue weighted by Gasteiger charge is -2.26. The van der Waals surface area contributed by atoms with E-state index in [2.05, 4.69) is 0 Å². The average molecular weight is 503 g/mol. The summed E-state index contributed by atoms with van der Waals surface area (Å²) in [5.74, 6) is -2.77. The molecule has 0 aliphatic heterocycles. The molecule has 29 heavy (non-hydrogen) atoms. The van der Waals surface area contributed by atoms with Crippen molar-refractivity contribution in [3.63, 3.8) is 0 Å². The normalized spacial score (nSPS) is 11.4. The van der Waals surface area contributed by atoms with E-state index in [1.807, 2.05) is 0 Å². The molecule has 0 aliphatic rings. The van der Waals surface area contributed by atoms with E-state index in [0.29, 0.717) is 11.1 Å². The van der Waals surface area contributed by atoms with Gasteiger partial charge in [0.15, 0.2) is 13.2 Å². The van der Waals surface area contributed by atoms with Gasteiger partial charge in [-0.3, -0.25) is 0 Å². The molecule has 0 heterocycles. The summed E-state index contributed by atoms with van der Waals surface area (Å²) in [7, 11) is 0. The smallest absolute Gasteiger partial charge is 0.341 e. The fourth-order valence-corrected chi connectivity index (χ4v) is 3.72. The highest BCUT2D eigenvalue weighted by atomic mass is 35.6. The topological polar surface area (TPSA) is 93.1 Å². The van der Waals surface area contributed by atoms with Gasteiger partial charge in [0.2, 0.25) is 3.79 Å². The van der Waals surface area contributed by atoms with Crippen LogP contribution in [0.15, 0.2) is 36.4 Å². The van der Waals surface area contributed by atoms with Crippen molar-refractivity contribution in [1.82, 2.24) is 0 Å². The molecule has 0 unspecified atom stereocenters. The highest BCUT2D eigenvalue weighted by molar-refractivity contribution is 6.68. The molecule has 2 aromatic rings. The van der Waals surface area contributed by atoms with Crippen molar-refractivity contribution in [3.8, 4) is 11.5 Å². The Kier molecular flexibility index (Phi) is 8.14. The van der Waals surface area contributed by atoms with E-state index >= 15 is 0 Å². The van der Waals surface area contributed by atoms with Gasteiger partial charge >= 0.3 is 11.9 Å². The molecule has 0 atom stereocenters. The molecule has 11 heteroatoms. The van der Waals surface area contributed by atoms with Gasteiger partial charge < -0.3 is 19.7 Å². The van der Waals surface area contributed by atoms with Crippen molar-refractivity contribution in [2.24, 2.45) is 0 Å². The van der Waals surface area contributed by atoms with Gasteiger partial charge in [-0.2, -0.15) is 0 Å². The van der Waals surface area contributed by atoms with Gasteiger partial charge in [0.25, 0.3) is 0 Å². The van der Waals surface area contributed by atoms with E-state index in [1.165, 1.54) is 24.3 Å². The number of carboxylic acid groups (broad SMARTS) is 2. The molecule has 0 saturated carbocycles. The van der Waals surface area contributed by atoms with Crippen molar-refractivity contribution >= 4 is 69.9 Å². The number of carbonyl (C=O) groups is 2. The molecule has 156 valence electrons. The summed E-state index contributed by atoms with van der Waals surface area (Å²) in [6.07, 6.45) is 0. The van der Waals surface area contributed by atoms with Crippen molar-refractivity contribution in [2.75, 3.05) is 13.2 Å². The highest BCUT2D eigenvalue weighted by Gasteiger charge is 2.36. The molecule has 0 spiro atoms. The fraction of sp³-hybridized carbons (Fsp3) is 0.222. The Labute approximate surface area is 190 Å². The van der Waals surface area contributed by atoms with Crippen molar-refractivity contribution < 1.29 is 29.3 Å². The summed E-state index contributed by atoms with van der Waals surface area (Å²) >= 11 is 30.9. The zero-order valence-electron chi connectivity index (χ0n) is 14.4. The van der Waals surface area contributed by atoms with Gasteiger partial charge in [-0.25, -0.2) is 9.59 Å². The molecule has 0 radical (unpaired) electrons. The van der Waals surface area contributed by atoms with Gasteiger partial charge in [-0.05, 0) is 35.4 Å². The number of aliphatic carboxylic acids is 2.